The van der Waals surface area contributed by atoms with E-state index < -0.39 is 0 Å². The summed E-state index contributed by atoms with van der Waals surface area (Å²) in [5.74, 6) is 2.24. The number of hydrogen-bond donors (Lipinski definition) is 0. The van der Waals surface area contributed by atoms with Crippen molar-refractivity contribution in [3.05, 3.63) is 81.5 Å². The van der Waals surface area contributed by atoms with Crippen LogP contribution < -0.4 is 9.47 Å². The lowest BCUT2D eigenvalue weighted by atomic mass is 9.90. The lowest BCUT2D eigenvalue weighted by Crippen LogP contribution is -2.38. The molecule has 1 aliphatic heterocycles. The molecular formula is C26H29NO3S. The Morgan fingerprint density at radius 2 is 1.81 bits per heavy atom. The predicted molar refractivity (Wildman–Crippen MR) is 125 cm³/mol. The average Bonchev–Trinajstić information content (AvgIpc) is 3.28. The highest BCUT2D eigenvalue weighted by molar-refractivity contribution is 7.12. The molecule has 0 atom stereocenters. The number of carbonyl (C=O) groups is 1. The molecule has 1 fully saturated rings. The lowest BCUT2D eigenvalue weighted by Gasteiger charge is -2.31. The van der Waals surface area contributed by atoms with E-state index in [1.54, 1.807) is 7.11 Å². The summed E-state index contributed by atoms with van der Waals surface area (Å²) in [5.41, 5.74) is 3.52. The number of hydrogen-bond acceptors (Lipinski definition) is 4. The minimum atomic E-state index is 0.141. The molecule has 0 unspecified atom stereocenters. The molecule has 5 heteroatoms. The Bertz CT molecular complexity index is 1010. The highest BCUT2D eigenvalue weighted by Crippen LogP contribution is 2.29. The van der Waals surface area contributed by atoms with Crippen LogP contribution in [-0.4, -0.2) is 31.0 Å². The van der Waals surface area contributed by atoms with Crippen LogP contribution in [0.5, 0.6) is 11.5 Å². The third-order valence-electron chi connectivity index (χ3n) is 5.85. The van der Waals surface area contributed by atoms with Gasteiger partial charge in [0.15, 0.2) is 11.5 Å². The first-order valence-electron chi connectivity index (χ1n) is 10.8. The average molecular weight is 436 g/mol. The monoisotopic (exact) mass is 435 g/mol. The molecule has 162 valence electrons. The van der Waals surface area contributed by atoms with Crippen molar-refractivity contribution in [3.8, 4) is 11.5 Å². The number of thiophene rings is 1. The van der Waals surface area contributed by atoms with E-state index >= 15 is 0 Å². The van der Waals surface area contributed by atoms with Gasteiger partial charge in [-0.1, -0.05) is 36.4 Å². The van der Waals surface area contributed by atoms with Gasteiger partial charge in [0.05, 0.1) is 12.0 Å². The summed E-state index contributed by atoms with van der Waals surface area (Å²) in [4.78, 5) is 15.8. The minimum absolute atomic E-state index is 0.141. The molecule has 4 rings (SSSR count). The quantitative estimate of drug-likeness (QED) is 0.475. The van der Waals surface area contributed by atoms with Gasteiger partial charge in [-0.3, -0.25) is 4.79 Å². The minimum Gasteiger partial charge on any atom is -0.493 e. The zero-order chi connectivity index (χ0) is 21.6. The molecule has 2 aromatic carbocycles. The Hall–Kier alpha value is -2.79. The largest absolute Gasteiger partial charge is 0.493 e. The summed E-state index contributed by atoms with van der Waals surface area (Å²) in [6.45, 7) is 4.11. The summed E-state index contributed by atoms with van der Waals surface area (Å²) >= 11 is 1.50. The Morgan fingerprint density at radius 1 is 1.03 bits per heavy atom. The number of ether oxygens (including phenoxy) is 2. The number of methoxy groups -OCH3 is 1. The number of carbonyl (C=O) groups excluding carboxylic acids is 1. The van der Waals surface area contributed by atoms with Crippen molar-refractivity contribution in [2.75, 3.05) is 20.2 Å². The van der Waals surface area contributed by atoms with Crippen LogP contribution in [0.1, 0.15) is 39.2 Å². The topological polar surface area (TPSA) is 38.8 Å². The molecule has 3 aromatic rings. The number of nitrogens with zero attached hydrogens (tertiary/aromatic N) is 1. The van der Waals surface area contributed by atoms with E-state index in [1.165, 1.54) is 16.9 Å². The van der Waals surface area contributed by atoms with Gasteiger partial charge in [-0.15, -0.1) is 11.3 Å². The number of likely N-dealkylation sites (tertiary alicyclic amines) is 1. The van der Waals surface area contributed by atoms with Crippen molar-refractivity contribution >= 4 is 17.2 Å². The molecule has 0 aliphatic carbocycles. The molecule has 1 amide bonds. The lowest BCUT2D eigenvalue weighted by molar-refractivity contribution is 0.0695. The molecule has 1 saturated heterocycles. The number of rotatable bonds is 7. The van der Waals surface area contributed by atoms with Crippen LogP contribution in [0, 0.1) is 12.8 Å². The van der Waals surface area contributed by atoms with Crippen LogP contribution in [0.2, 0.25) is 0 Å². The van der Waals surface area contributed by atoms with Crippen LogP contribution in [0.15, 0.2) is 60.0 Å². The van der Waals surface area contributed by atoms with Crippen LogP contribution in [0.3, 0.4) is 0 Å². The predicted octanol–water partition coefficient (Wildman–Crippen LogP) is 5.74. The van der Waals surface area contributed by atoms with E-state index in [2.05, 4.69) is 30.3 Å². The second-order valence-corrected chi connectivity index (χ2v) is 9.10. The molecule has 4 nitrogen and oxygen atoms in total. The van der Waals surface area contributed by atoms with Gasteiger partial charge in [0, 0.05) is 18.7 Å². The molecule has 31 heavy (non-hydrogen) atoms. The van der Waals surface area contributed by atoms with Crippen molar-refractivity contribution in [2.45, 2.75) is 32.8 Å². The maximum Gasteiger partial charge on any atom is 0.263 e. The number of amides is 1. The van der Waals surface area contributed by atoms with Gasteiger partial charge in [0.1, 0.15) is 6.61 Å². The van der Waals surface area contributed by atoms with Crippen LogP contribution in [0.4, 0.5) is 0 Å². The fourth-order valence-corrected chi connectivity index (χ4v) is 4.93. The fraction of sp³-hybridized carbons (Fsp3) is 0.346. The van der Waals surface area contributed by atoms with E-state index in [0.717, 1.165) is 54.1 Å². The van der Waals surface area contributed by atoms with Gasteiger partial charge < -0.3 is 14.4 Å². The molecule has 0 radical (unpaired) electrons. The highest BCUT2D eigenvalue weighted by Gasteiger charge is 2.24. The first-order chi connectivity index (χ1) is 15.1. The fourth-order valence-electron chi connectivity index (χ4n) is 4.06. The SMILES string of the molecule is COc1cc(C)ccc1OCc1csc(C(=O)N2CCC(Cc3ccccc3)CC2)c1. The summed E-state index contributed by atoms with van der Waals surface area (Å²) in [6.07, 6.45) is 3.23. The molecule has 0 N–H and O–H groups in total. The van der Waals surface area contributed by atoms with Crippen LogP contribution >= 0.6 is 11.3 Å². The van der Waals surface area contributed by atoms with Crippen molar-refractivity contribution < 1.29 is 14.3 Å². The van der Waals surface area contributed by atoms with E-state index in [4.69, 9.17) is 9.47 Å². The molecule has 1 aliphatic rings. The first kappa shape index (κ1) is 21.4. The Morgan fingerprint density at radius 3 is 2.55 bits per heavy atom. The van der Waals surface area contributed by atoms with Crippen molar-refractivity contribution in [1.82, 2.24) is 4.90 Å². The van der Waals surface area contributed by atoms with Crippen molar-refractivity contribution in [2.24, 2.45) is 5.92 Å². The second kappa shape index (κ2) is 10.0. The Labute approximate surface area is 188 Å². The molecule has 2 heterocycles. The van der Waals surface area contributed by atoms with E-state index in [9.17, 15) is 4.79 Å². The summed E-state index contributed by atoms with van der Waals surface area (Å²) < 4.78 is 11.3. The van der Waals surface area contributed by atoms with Crippen LogP contribution in [-0.2, 0) is 13.0 Å². The third kappa shape index (κ3) is 5.47. The van der Waals surface area contributed by atoms with E-state index in [0.29, 0.717) is 18.3 Å². The molecule has 0 spiro atoms. The van der Waals surface area contributed by atoms with Crippen molar-refractivity contribution in [1.29, 1.82) is 0 Å². The number of piperidine rings is 1. The van der Waals surface area contributed by atoms with Gasteiger partial charge >= 0.3 is 0 Å². The maximum absolute atomic E-state index is 13.0. The standard InChI is InChI=1S/C26H29NO3S/c1-19-8-9-23(24(14-19)29-2)30-17-22-16-25(31-18-22)26(28)27-12-10-21(11-13-27)15-20-6-4-3-5-7-20/h3-9,14,16,18,21H,10-13,15,17H2,1-2H3. The van der Waals surface area contributed by atoms with Crippen LogP contribution in [0.25, 0.3) is 0 Å². The summed E-state index contributed by atoms with van der Waals surface area (Å²) in [6, 6.07) is 18.5. The van der Waals surface area contributed by atoms with Gasteiger partial charge in [0.25, 0.3) is 5.91 Å². The normalized spacial score (nSPS) is 14.5. The second-order valence-electron chi connectivity index (χ2n) is 8.19. The molecule has 1 aromatic heterocycles. The summed E-state index contributed by atoms with van der Waals surface area (Å²) in [5, 5.41) is 2.01. The molecule has 0 bridgehead atoms. The zero-order valence-electron chi connectivity index (χ0n) is 18.2. The smallest absolute Gasteiger partial charge is 0.263 e. The van der Waals surface area contributed by atoms with Crippen molar-refractivity contribution in [3.63, 3.8) is 0 Å². The molecular weight excluding hydrogens is 406 g/mol. The van der Waals surface area contributed by atoms with Gasteiger partial charge in [-0.05, 0) is 66.8 Å². The number of aryl methyl sites for hydroxylation is 1. The van der Waals surface area contributed by atoms with Gasteiger partial charge in [-0.2, -0.15) is 0 Å². The molecule has 0 saturated carbocycles. The Balaban J connectivity index is 1.29. The van der Waals surface area contributed by atoms with E-state index in [1.807, 2.05) is 41.5 Å². The third-order valence-corrected chi connectivity index (χ3v) is 6.81. The zero-order valence-corrected chi connectivity index (χ0v) is 19.0. The Kier molecular flexibility index (Phi) is 6.92. The highest BCUT2D eigenvalue weighted by atomic mass is 32.1. The maximum atomic E-state index is 13.0. The van der Waals surface area contributed by atoms with Gasteiger partial charge in [-0.25, -0.2) is 0 Å². The van der Waals surface area contributed by atoms with Gasteiger partial charge in [0.2, 0.25) is 0 Å². The summed E-state index contributed by atoms with van der Waals surface area (Å²) in [7, 11) is 1.64. The number of benzene rings is 2. The first-order valence-corrected chi connectivity index (χ1v) is 11.7. The van der Waals surface area contributed by atoms with E-state index in [-0.39, 0.29) is 5.91 Å².